The maximum absolute atomic E-state index is 12.4. The average molecular weight is 1760 g/mol. The summed E-state index contributed by atoms with van der Waals surface area (Å²) in [7, 11) is 3.70. The number of nitrogens with zero attached hydrogens (tertiary/aromatic N) is 3. The monoisotopic (exact) mass is 1750 g/mol. The van der Waals surface area contributed by atoms with Crippen LogP contribution in [0.5, 0.6) is 0 Å². The van der Waals surface area contributed by atoms with Gasteiger partial charge in [0.15, 0.2) is 21.1 Å². The number of hydrogen-bond acceptors (Lipinski definition) is 25. The van der Waals surface area contributed by atoms with E-state index in [1.54, 1.807) is 35.7 Å². The highest BCUT2D eigenvalue weighted by molar-refractivity contribution is 14.1. The van der Waals surface area contributed by atoms with Gasteiger partial charge in [0.25, 0.3) is 17.1 Å². The molecule has 10 amide bonds. The lowest BCUT2D eigenvalue weighted by atomic mass is 10.1. The number of benzene rings is 5. The van der Waals surface area contributed by atoms with E-state index in [-0.39, 0.29) is 88.5 Å². The third kappa shape index (κ3) is 36.6. The number of halogens is 1. The van der Waals surface area contributed by atoms with E-state index in [1.807, 2.05) is 73.2 Å². The van der Waals surface area contributed by atoms with Crippen LogP contribution in [0.1, 0.15) is 95.5 Å². The molecule has 0 aliphatic rings. The third-order valence-corrected chi connectivity index (χ3v) is 20.9. The van der Waals surface area contributed by atoms with Gasteiger partial charge in [-0.3, -0.25) is 67.1 Å². The summed E-state index contributed by atoms with van der Waals surface area (Å²) in [4.78, 5) is 209. The number of carboxylic acids is 5. The van der Waals surface area contributed by atoms with Crippen LogP contribution < -0.4 is 66.7 Å². The average Bonchev–Trinajstić information content (AvgIpc) is 1.45. The number of hydrogen-bond donors (Lipinski definition) is 17. The number of aliphatic carboxylic acids is 5. The number of carbonyl (C=O) groups excluding carboxylic acids is 10. The predicted molar refractivity (Wildman–Crippen MR) is 420 cm³/mol. The predicted octanol–water partition coefficient (Wildman–Crippen LogP) is 2.33. The van der Waals surface area contributed by atoms with Gasteiger partial charge in [0.1, 0.15) is 46.9 Å². The Kier molecular flexibility index (Phi) is 43.9. The molecule has 5 unspecified atom stereocenters. The van der Waals surface area contributed by atoms with E-state index < -0.39 is 120 Å². The molecule has 0 aliphatic carbocycles. The van der Waals surface area contributed by atoms with Crippen molar-refractivity contribution < 1.29 is 112 Å². The smallest absolute Gasteiger partial charge is 0.327 e. The summed E-state index contributed by atoms with van der Waals surface area (Å²) in [5.74, 6) is -12.7. The zero-order valence-electron chi connectivity index (χ0n) is 60.7. The van der Waals surface area contributed by atoms with E-state index in [2.05, 4.69) is 26.6 Å². The Hall–Kier alpha value is -10.6. The van der Waals surface area contributed by atoms with Crippen LogP contribution in [0.3, 0.4) is 0 Å². The third-order valence-electron chi connectivity index (χ3n) is 14.2. The molecule has 0 saturated carbocycles. The minimum absolute atomic E-state index is 0.0334. The summed E-state index contributed by atoms with van der Waals surface area (Å²) >= 11 is 8.33. The number of thioether (sulfide) groups is 5. The summed E-state index contributed by atoms with van der Waals surface area (Å²) in [6, 6.07) is 16.1. The van der Waals surface area contributed by atoms with Crippen molar-refractivity contribution in [2.24, 2.45) is 40.1 Å². The van der Waals surface area contributed by atoms with Crippen molar-refractivity contribution in [2.75, 3.05) is 64.0 Å². The fraction of sp³-hybridized carbons (Fsp3) is 0.328. The lowest BCUT2D eigenvalue weighted by Gasteiger charge is -2.18. The Bertz CT molecular complexity index is 4280. The lowest BCUT2D eigenvalue weighted by Crippen LogP contribution is -2.49. The largest absolute Gasteiger partial charge is 0.480 e. The highest BCUT2D eigenvalue weighted by Gasteiger charge is 2.29. The highest BCUT2D eigenvalue weighted by atomic mass is 127. The van der Waals surface area contributed by atoms with Crippen LogP contribution in [-0.2, 0) is 47.9 Å². The number of primary amides is 5. The topological polar surface area (TPSA) is 660 Å². The molecule has 0 aliphatic heterocycles. The summed E-state index contributed by atoms with van der Waals surface area (Å²) in [5.41, 5.74) is 40.8. The number of carboxylic acid groups (broad SMARTS) is 5. The molecule has 0 heterocycles. The quantitative estimate of drug-likeness (QED) is 0.0154. The van der Waals surface area contributed by atoms with E-state index in [0.29, 0.717) is 43.7 Å². The molecule has 0 bridgehead atoms. The first-order valence-corrected chi connectivity index (χ1v) is 38.3. The number of nitrogens with one attached hydrogen (secondary N) is 5. The molecule has 5 atom stereocenters. The van der Waals surface area contributed by atoms with Crippen molar-refractivity contribution in [2.45, 2.75) is 101 Å². The van der Waals surface area contributed by atoms with Gasteiger partial charge in [-0.1, -0.05) is 0 Å². The number of rotatable bonds is 37. The van der Waals surface area contributed by atoms with Gasteiger partial charge in [0.05, 0.1) is 9.79 Å². The number of amides is 10. The Morgan fingerprint density at radius 3 is 1.01 bits per heavy atom. The van der Waals surface area contributed by atoms with Gasteiger partial charge in [-0.2, -0.15) is 0 Å². The summed E-state index contributed by atoms with van der Waals surface area (Å²) in [6.45, 7) is 3.80. The zero-order valence-corrected chi connectivity index (χ0v) is 67.0. The number of aryl methyl sites for hydroxylation is 2. The molecule has 0 fully saturated rings. The SMILES string of the molecule is CC(=O)NC(CSc1ccc(C(N)=O)cc1[N+](C)=O)C(=O)O.CSc1ccc(C(N)=O)cc1C.CSc1ccc(C(N)=O)cc1C.C[N+](=O)c1cc(C(N)=O)cc(SCC(NC(=O)CCC(N)C(=O)O)C(=O)NCC(=O)O)c1I.C[N+](=O)c1cc(C(N)=O)ccc1SCC(NC(=O)CCC(N)C(=O)O)C(=O)NCC(=O)O. The van der Waals surface area contributed by atoms with Crippen LogP contribution in [0.15, 0.2) is 109 Å². The molecule has 44 heteroatoms. The van der Waals surface area contributed by atoms with Crippen molar-refractivity contribution >= 4 is 187 Å². The molecule has 0 radical (unpaired) electrons. The van der Waals surface area contributed by atoms with Gasteiger partial charge in [0.2, 0.25) is 59.1 Å². The molecule has 0 saturated heterocycles. The van der Waals surface area contributed by atoms with Gasteiger partial charge < -0.3 is 92.3 Å². The number of nitroso groups, excluding NO2 is 3. The van der Waals surface area contributed by atoms with Gasteiger partial charge in [-0.05, 0) is 140 Å². The Morgan fingerprint density at radius 2 is 0.730 bits per heavy atom. The second-order valence-electron chi connectivity index (χ2n) is 22.8. The lowest BCUT2D eigenvalue weighted by molar-refractivity contribution is -0.431. The van der Waals surface area contributed by atoms with Crippen LogP contribution in [0.2, 0.25) is 0 Å². The van der Waals surface area contributed by atoms with Crippen molar-refractivity contribution in [1.82, 2.24) is 26.6 Å². The minimum Gasteiger partial charge on any atom is -0.480 e. The Labute approximate surface area is 668 Å². The summed E-state index contributed by atoms with van der Waals surface area (Å²) in [5, 5.41) is 55.6. The van der Waals surface area contributed by atoms with Crippen molar-refractivity contribution in [1.29, 1.82) is 0 Å². The molecule has 5 aromatic rings. The fourth-order valence-corrected chi connectivity index (χ4v) is 13.9. The van der Waals surface area contributed by atoms with Gasteiger partial charge >= 0.3 is 29.8 Å². The molecule has 111 heavy (non-hydrogen) atoms. The van der Waals surface area contributed by atoms with Crippen LogP contribution in [0, 0.1) is 32.1 Å². The summed E-state index contributed by atoms with van der Waals surface area (Å²) < 4.78 is 2.08. The highest BCUT2D eigenvalue weighted by Crippen LogP contribution is 2.35. The fourth-order valence-electron chi connectivity index (χ4n) is 8.43. The molecule has 5 aromatic carbocycles. The molecule has 0 spiro atoms. The van der Waals surface area contributed by atoms with Crippen molar-refractivity contribution in [3.05, 3.63) is 142 Å². The Balaban J connectivity index is 0.000000731. The maximum Gasteiger partial charge on any atom is 0.327 e. The van der Waals surface area contributed by atoms with E-state index in [1.165, 1.54) is 86.4 Å². The van der Waals surface area contributed by atoms with Gasteiger partial charge in [-0.15, -0.1) is 58.8 Å². The Morgan fingerprint density at radius 1 is 0.423 bits per heavy atom. The molecule has 24 N–H and O–H groups in total. The molecular weight excluding hydrogens is 1670 g/mol. The van der Waals surface area contributed by atoms with Gasteiger partial charge in [-0.25, -0.2) is 4.79 Å². The minimum atomic E-state index is -1.29. The van der Waals surface area contributed by atoms with Crippen LogP contribution >= 0.6 is 81.4 Å². The maximum atomic E-state index is 12.4. The van der Waals surface area contributed by atoms with Crippen molar-refractivity contribution in [3.63, 3.8) is 0 Å². The molecule has 0 aromatic heterocycles. The molecule has 600 valence electrons. The first-order valence-electron chi connectivity index (χ1n) is 31.8. The first-order chi connectivity index (χ1) is 51.8. The van der Waals surface area contributed by atoms with Crippen LogP contribution in [-0.4, -0.2) is 223 Å². The standard InChI is InChI=1S/C18H22IN5O8S.C18H23N5O8S.C13H15N3O5S.2C9H11NOS/c1-24(32)11-4-8(16(21)28)5-12(15(11)19)33-7-10(17(29)22-6-14(26)27)23-13(25)3-2-9(20)18(30)31;1-23(31)12-6-9(16(20)27)2-4-13(12)32-8-11(17(28)21-7-15(25)26)22-14(24)5-3-10(19)18(29)30;1-7(17)15-9(13(19)20)6-22-11-4-3-8(12(14)18)5-10(11)16(2)21;2*1-6-5-7(9(10)11)3-4-8(6)12-2/h4-5,9-10H,2-3,6-7,20H2,1H3,(H5-,21,22,23,25,26,27,28,29,30,31);2,4,6,10-11H,3,5,7-8,19H2,1H3,(H5-,20,21,22,24,25,26,27,28,29,30);3-5,9H,6H2,1-2H3,(H3-,14,15,17,18,19,20);2*3-5H,1-2H3,(H2,10,11)/p+3. The first kappa shape index (κ1) is 98.4. The number of carbonyl (C=O) groups is 15. The number of nitrogens with two attached hydrogens (primary N) is 7. The summed E-state index contributed by atoms with van der Waals surface area (Å²) in [6.07, 6.45) is 3.12. The zero-order chi connectivity index (χ0) is 84.9. The molecule has 5 rings (SSSR count). The molecule has 38 nitrogen and oxygen atoms in total. The molecular formula is C67H85IN15O23S5+3. The second-order valence-corrected chi connectivity index (χ2v) is 28.8. The second kappa shape index (κ2) is 49.5. The van der Waals surface area contributed by atoms with E-state index in [0.717, 1.165) is 46.4 Å². The van der Waals surface area contributed by atoms with Crippen LogP contribution in [0.4, 0.5) is 17.1 Å². The van der Waals surface area contributed by atoms with Crippen molar-refractivity contribution in [3.8, 4) is 0 Å². The van der Waals surface area contributed by atoms with Gasteiger partial charge in [0, 0.05) is 127 Å². The van der Waals surface area contributed by atoms with Crippen LogP contribution in [0.25, 0.3) is 0 Å². The normalized spacial score (nSPS) is 11.6. The van der Waals surface area contributed by atoms with E-state index in [9.17, 15) is 86.6 Å². The van der Waals surface area contributed by atoms with E-state index >= 15 is 0 Å². The van der Waals surface area contributed by atoms with E-state index in [4.69, 9.17) is 65.7 Å².